The number of carbonyl (C=O) groups is 1. The summed E-state index contributed by atoms with van der Waals surface area (Å²) in [7, 11) is 0. The molecule has 1 aromatic rings. The molecule has 6 nitrogen and oxygen atoms in total. The van der Waals surface area contributed by atoms with Gasteiger partial charge in [-0.15, -0.1) is 0 Å². The van der Waals surface area contributed by atoms with Crippen LogP contribution in [0, 0.1) is 0 Å². The van der Waals surface area contributed by atoms with Crippen LogP contribution in [0.15, 0.2) is 11.0 Å². The van der Waals surface area contributed by atoms with Gasteiger partial charge in [0.2, 0.25) is 0 Å². The number of nitrogens with zero attached hydrogens (tertiary/aromatic N) is 2. The molecule has 0 unspecified atom stereocenters. The number of carbonyl (C=O) groups excluding carboxylic acids is 1. The molecule has 86 valence electrons. The topological polar surface area (TPSA) is 86.3 Å². The summed E-state index contributed by atoms with van der Waals surface area (Å²) in [6, 6.07) is -0.0123. The average Bonchev–Trinajstić information content (AvgIpc) is 2.16. The van der Waals surface area contributed by atoms with Gasteiger partial charge in [0.1, 0.15) is 5.56 Å². The molecule has 16 heavy (non-hydrogen) atoms. The van der Waals surface area contributed by atoms with E-state index < -0.39 is 5.56 Å². The number of aromatic amines is 1. The standard InChI is InChI=1S/C10H13N3O3/c1-6(15)9-8(4-11-12-10(9)16)13-3-2-7(13)5-14/h4,7,14H,2-3,5H2,1H3,(H,12,16)/t7-/m1/s1. The zero-order chi connectivity index (χ0) is 11.7. The van der Waals surface area contributed by atoms with Gasteiger partial charge in [-0.1, -0.05) is 0 Å². The number of aromatic nitrogens is 2. The van der Waals surface area contributed by atoms with Crippen LogP contribution in [0.4, 0.5) is 5.69 Å². The first-order chi connectivity index (χ1) is 7.65. The summed E-state index contributed by atoms with van der Waals surface area (Å²) in [5.41, 5.74) is 0.156. The van der Waals surface area contributed by atoms with Gasteiger partial charge >= 0.3 is 0 Å². The van der Waals surface area contributed by atoms with Crippen molar-refractivity contribution in [2.24, 2.45) is 0 Å². The first-order valence-corrected chi connectivity index (χ1v) is 5.11. The van der Waals surface area contributed by atoms with Gasteiger partial charge in [-0.25, -0.2) is 5.10 Å². The van der Waals surface area contributed by atoms with E-state index in [0.717, 1.165) is 13.0 Å². The van der Waals surface area contributed by atoms with Crippen LogP contribution in [0.2, 0.25) is 0 Å². The molecule has 0 spiro atoms. The molecule has 1 aliphatic heterocycles. The Bertz CT molecular complexity index is 467. The number of Topliss-reactive ketones (excluding diaryl/α,β-unsaturated/α-hetero) is 1. The Morgan fingerprint density at radius 2 is 2.50 bits per heavy atom. The van der Waals surface area contributed by atoms with Crippen molar-refractivity contribution >= 4 is 11.5 Å². The number of aliphatic hydroxyl groups excluding tert-OH is 1. The summed E-state index contributed by atoms with van der Waals surface area (Å²) in [5.74, 6) is -0.290. The molecule has 6 heteroatoms. The van der Waals surface area contributed by atoms with Crippen LogP contribution in [-0.4, -0.2) is 40.3 Å². The maximum Gasteiger partial charge on any atom is 0.277 e. The van der Waals surface area contributed by atoms with Gasteiger partial charge in [0, 0.05) is 6.54 Å². The lowest BCUT2D eigenvalue weighted by Crippen LogP contribution is -2.51. The van der Waals surface area contributed by atoms with E-state index in [1.165, 1.54) is 13.1 Å². The largest absolute Gasteiger partial charge is 0.394 e. The zero-order valence-corrected chi connectivity index (χ0v) is 8.93. The first kappa shape index (κ1) is 10.8. The second kappa shape index (κ2) is 4.05. The lowest BCUT2D eigenvalue weighted by molar-refractivity contribution is 0.101. The zero-order valence-electron chi connectivity index (χ0n) is 8.93. The molecule has 1 saturated heterocycles. The Hall–Kier alpha value is -1.69. The molecule has 0 aliphatic carbocycles. The fourth-order valence-corrected chi connectivity index (χ4v) is 1.89. The monoisotopic (exact) mass is 223 g/mol. The Kier molecular flexibility index (Phi) is 2.74. The van der Waals surface area contributed by atoms with E-state index in [4.69, 9.17) is 5.11 Å². The fraction of sp³-hybridized carbons (Fsp3) is 0.500. The maximum absolute atomic E-state index is 11.5. The minimum Gasteiger partial charge on any atom is -0.394 e. The van der Waals surface area contributed by atoms with Crippen LogP contribution >= 0.6 is 0 Å². The number of hydrogen-bond acceptors (Lipinski definition) is 5. The van der Waals surface area contributed by atoms with E-state index in [1.807, 2.05) is 4.90 Å². The second-order valence-electron chi connectivity index (χ2n) is 3.83. The molecule has 0 saturated carbocycles. The van der Waals surface area contributed by atoms with Gasteiger partial charge in [-0.2, -0.15) is 5.10 Å². The van der Waals surface area contributed by atoms with E-state index in [2.05, 4.69) is 10.2 Å². The molecular weight excluding hydrogens is 210 g/mol. The number of ketones is 1. The summed E-state index contributed by atoms with van der Waals surface area (Å²) < 4.78 is 0. The predicted octanol–water partition coefficient (Wildman–Crippen LogP) is -0.457. The van der Waals surface area contributed by atoms with E-state index in [9.17, 15) is 9.59 Å². The summed E-state index contributed by atoms with van der Waals surface area (Å²) in [5, 5.41) is 15.0. The van der Waals surface area contributed by atoms with Gasteiger partial charge in [0.25, 0.3) is 5.56 Å². The number of H-pyrrole nitrogens is 1. The highest BCUT2D eigenvalue weighted by atomic mass is 16.3. The van der Waals surface area contributed by atoms with E-state index in [0.29, 0.717) is 5.69 Å². The Balaban J connectivity index is 2.44. The molecule has 1 aliphatic rings. The summed E-state index contributed by atoms with van der Waals surface area (Å²) in [4.78, 5) is 24.7. The van der Waals surface area contributed by atoms with Gasteiger partial charge in [-0.3, -0.25) is 9.59 Å². The van der Waals surface area contributed by atoms with Gasteiger partial charge in [0.15, 0.2) is 5.78 Å². The number of anilines is 1. The minimum atomic E-state index is -0.478. The first-order valence-electron chi connectivity index (χ1n) is 5.11. The summed E-state index contributed by atoms with van der Waals surface area (Å²) in [6.45, 7) is 2.10. The van der Waals surface area contributed by atoms with Gasteiger partial charge in [-0.05, 0) is 13.3 Å². The third-order valence-electron chi connectivity index (χ3n) is 2.85. The van der Waals surface area contributed by atoms with Crippen molar-refractivity contribution in [2.45, 2.75) is 19.4 Å². The average molecular weight is 223 g/mol. The Morgan fingerprint density at radius 1 is 1.75 bits per heavy atom. The van der Waals surface area contributed by atoms with Crippen molar-refractivity contribution < 1.29 is 9.90 Å². The van der Waals surface area contributed by atoms with Crippen LogP contribution in [-0.2, 0) is 0 Å². The lowest BCUT2D eigenvalue weighted by Gasteiger charge is -2.42. The molecule has 2 N–H and O–H groups in total. The van der Waals surface area contributed by atoms with Crippen molar-refractivity contribution in [3.05, 3.63) is 22.1 Å². The molecule has 2 rings (SSSR count). The van der Waals surface area contributed by atoms with Crippen LogP contribution < -0.4 is 10.5 Å². The Morgan fingerprint density at radius 3 is 3.00 bits per heavy atom. The molecule has 0 amide bonds. The van der Waals surface area contributed by atoms with Gasteiger partial charge in [0.05, 0.1) is 24.5 Å². The SMILES string of the molecule is CC(=O)c1c(N2CC[C@@H]2CO)cn[nH]c1=O. The highest BCUT2D eigenvalue weighted by Gasteiger charge is 2.30. The molecular formula is C10H13N3O3. The van der Waals surface area contributed by atoms with E-state index in [-0.39, 0.29) is 24.0 Å². The van der Waals surface area contributed by atoms with Crippen molar-refractivity contribution in [1.29, 1.82) is 0 Å². The second-order valence-corrected chi connectivity index (χ2v) is 3.83. The molecule has 0 radical (unpaired) electrons. The van der Waals surface area contributed by atoms with Crippen LogP contribution in [0.25, 0.3) is 0 Å². The minimum absolute atomic E-state index is 0.0123. The molecule has 2 heterocycles. The number of hydrogen-bond donors (Lipinski definition) is 2. The van der Waals surface area contributed by atoms with Crippen molar-refractivity contribution in [3.63, 3.8) is 0 Å². The third kappa shape index (κ3) is 1.61. The summed E-state index contributed by atoms with van der Waals surface area (Å²) in [6.07, 6.45) is 2.32. The number of aliphatic hydroxyl groups is 1. The van der Waals surface area contributed by atoms with E-state index in [1.54, 1.807) is 0 Å². The molecule has 0 aromatic carbocycles. The third-order valence-corrected chi connectivity index (χ3v) is 2.85. The van der Waals surface area contributed by atoms with Crippen molar-refractivity contribution in [2.75, 3.05) is 18.1 Å². The normalized spacial score (nSPS) is 19.4. The lowest BCUT2D eigenvalue weighted by atomic mass is 10.0. The summed E-state index contributed by atoms with van der Waals surface area (Å²) >= 11 is 0. The van der Waals surface area contributed by atoms with Gasteiger partial charge < -0.3 is 10.0 Å². The fourth-order valence-electron chi connectivity index (χ4n) is 1.89. The van der Waals surface area contributed by atoms with E-state index >= 15 is 0 Å². The maximum atomic E-state index is 11.5. The van der Waals surface area contributed by atoms with Crippen molar-refractivity contribution in [3.8, 4) is 0 Å². The molecule has 1 atom stereocenters. The quantitative estimate of drug-likeness (QED) is 0.677. The van der Waals surface area contributed by atoms with Crippen molar-refractivity contribution in [1.82, 2.24) is 10.2 Å². The number of nitrogens with one attached hydrogen (secondary N) is 1. The number of rotatable bonds is 3. The van der Waals surface area contributed by atoms with Crippen LogP contribution in [0.1, 0.15) is 23.7 Å². The predicted molar refractivity (Wildman–Crippen MR) is 57.7 cm³/mol. The highest BCUT2D eigenvalue weighted by Crippen LogP contribution is 2.27. The smallest absolute Gasteiger partial charge is 0.277 e. The highest BCUT2D eigenvalue weighted by molar-refractivity contribution is 5.99. The van der Waals surface area contributed by atoms with Crippen LogP contribution in [0.3, 0.4) is 0 Å². The molecule has 1 aromatic heterocycles. The molecule has 0 bridgehead atoms. The Labute approximate surface area is 91.9 Å². The molecule has 1 fully saturated rings. The van der Waals surface area contributed by atoms with Crippen LogP contribution in [0.5, 0.6) is 0 Å².